The van der Waals surface area contributed by atoms with Gasteiger partial charge in [-0.25, -0.2) is 8.42 Å². The van der Waals surface area contributed by atoms with Gasteiger partial charge in [-0.05, 0) is 18.1 Å². The highest BCUT2D eigenvalue weighted by molar-refractivity contribution is 7.89. The zero-order valence-electron chi connectivity index (χ0n) is 12.3. The van der Waals surface area contributed by atoms with E-state index < -0.39 is 10.0 Å². The minimum absolute atomic E-state index is 0.206. The van der Waals surface area contributed by atoms with Crippen LogP contribution in [0.5, 0.6) is 0 Å². The smallest absolute Gasteiger partial charge is 0.244 e. The van der Waals surface area contributed by atoms with E-state index in [4.69, 9.17) is 5.73 Å². The van der Waals surface area contributed by atoms with E-state index in [2.05, 4.69) is 11.8 Å². The van der Waals surface area contributed by atoms with Gasteiger partial charge in [0.05, 0.1) is 11.4 Å². The van der Waals surface area contributed by atoms with E-state index in [9.17, 15) is 8.42 Å². The summed E-state index contributed by atoms with van der Waals surface area (Å²) in [7, 11) is -3.52. The van der Waals surface area contributed by atoms with Crippen LogP contribution >= 0.6 is 0 Å². The Hall–Kier alpha value is -1.35. The van der Waals surface area contributed by atoms with Crippen LogP contribution in [0.25, 0.3) is 0 Å². The topological polar surface area (TPSA) is 63.4 Å². The third-order valence-electron chi connectivity index (χ3n) is 2.75. The Kier molecular flexibility index (Phi) is 6.21. The molecular weight excluding hydrogens is 272 g/mol. The van der Waals surface area contributed by atoms with Crippen LogP contribution in [0.4, 0.5) is 0 Å². The quantitative estimate of drug-likeness (QED) is 0.840. The molecule has 0 aliphatic rings. The summed E-state index contributed by atoms with van der Waals surface area (Å²) in [5, 5.41) is 0. The molecule has 0 aliphatic heterocycles. The van der Waals surface area contributed by atoms with Gasteiger partial charge in [-0.15, -0.1) is 0 Å². The molecule has 110 valence electrons. The molecule has 0 aromatic heterocycles. The standard InChI is InChI=1S/C15H22N2O2S/c1-4-17(12-13(2)3)20(18,19)15-10-6-5-8-14(15)9-7-11-16/h5-6,8,10,13H,4,11-12,16H2,1-3H3. The van der Waals surface area contributed by atoms with Gasteiger partial charge in [-0.3, -0.25) is 0 Å². The highest BCUT2D eigenvalue weighted by Crippen LogP contribution is 2.20. The first-order valence-electron chi connectivity index (χ1n) is 6.71. The van der Waals surface area contributed by atoms with Crippen molar-refractivity contribution in [3.8, 4) is 11.8 Å². The van der Waals surface area contributed by atoms with Crippen molar-refractivity contribution < 1.29 is 8.42 Å². The molecule has 0 spiro atoms. The van der Waals surface area contributed by atoms with Crippen LogP contribution in [0.2, 0.25) is 0 Å². The van der Waals surface area contributed by atoms with Gasteiger partial charge in [-0.2, -0.15) is 4.31 Å². The van der Waals surface area contributed by atoms with Crippen LogP contribution < -0.4 is 5.73 Å². The molecule has 0 heterocycles. The maximum atomic E-state index is 12.7. The number of hydrogen-bond acceptors (Lipinski definition) is 3. The summed E-state index contributed by atoms with van der Waals surface area (Å²) in [6.07, 6.45) is 0. The third-order valence-corrected chi connectivity index (χ3v) is 4.75. The number of rotatable bonds is 5. The molecular formula is C15H22N2O2S. The number of benzene rings is 1. The van der Waals surface area contributed by atoms with Crippen molar-refractivity contribution in [3.05, 3.63) is 29.8 Å². The van der Waals surface area contributed by atoms with Gasteiger partial charge in [0.15, 0.2) is 0 Å². The molecule has 0 unspecified atom stereocenters. The first kappa shape index (κ1) is 16.7. The monoisotopic (exact) mass is 294 g/mol. The molecule has 0 aliphatic carbocycles. The minimum atomic E-state index is -3.52. The van der Waals surface area contributed by atoms with Crippen LogP contribution in [-0.4, -0.2) is 32.4 Å². The lowest BCUT2D eigenvalue weighted by Crippen LogP contribution is -2.34. The van der Waals surface area contributed by atoms with Gasteiger partial charge in [0, 0.05) is 18.7 Å². The van der Waals surface area contributed by atoms with Crippen molar-refractivity contribution >= 4 is 10.0 Å². The lowest BCUT2D eigenvalue weighted by atomic mass is 10.2. The van der Waals surface area contributed by atoms with Gasteiger partial charge in [0.25, 0.3) is 0 Å². The summed E-state index contributed by atoms with van der Waals surface area (Å²) in [6, 6.07) is 6.79. The summed E-state index contributed by atoms with van der Waals surface area (Å²) in [6.45, 7) is 6.99. The van der Waals surface area contributed by atoms with Gasteiger partial charge >= 0.3 is 0 Å². The van der Waals surface area contributed by atoms with Gasteiger partial charge < -0.3 is 5.73 Å². The van der Waals surface area contributed by atoms with E-state index in [1.54, 1.807) is 24.3 Å². The molecule has 1 rings (SSSR count). The molecule has 0 fully saturated rings. The van der Waals surface area contributed by atoms with Crippen LogP contribution in [0.3, 0.4) is 0 Å². The predicted octanol–water partition coefficient (Wildman–Crippen LogP) is 1.66. The molecule has 0 radical (unpaired) electrons. The zero-order valence-corrected chi connectivity index (χ0v) is 13.1. The fourth-order valence-electron chi connectivity index (χ4n) is 1.88. The molecule has 0 saturated carbocycles. The SMILES string of the molecule is CCN(CC(C)C)S(=O)(=O)c1ccccc1C#CCN. The lowest BCUT2D eigenvalue weighted by Gasteiger charge is -2.23. The van der Waals surface area contributed by atoms with E-state index in [0.29, 0.717) is 18.7 Å². The average Bonchev–Trinajstić information content (AvgIpc) is 2.42. The number of sulfonamides is 1. The van der Waals surface area contributed by atoms with E-state index >= 15 is 0 Å². The molecule has 5 heteroatoms. The first-order chi connectivity index (χ1) is 9.43. The lowest BCUT2D eigenvalue weighted by molar-refractivity contribution is 0.381. The number of nitrogens with two attached hydrogens (primary N) is 1. The molecule has 20 heavy (non-hydrogen) atoms. The van der Waals surface area contributed by atoms with Crippen LogP contribution in [-0.2, 0) is 10.0 Å². The normalized spacial score (nSPS) is 11.5. The Bertz CT molecular complexity index is 598. The van der Waals surface area contributed by atoms with Gasteiger partial charge in [0.1, 0.15) is 0 Å². The van der Waals surface area contributed by atoms with Crippen LogP contribution in [0, 0.1) is 17.8 Å². The van der Waals surface area contributed by atoms with E-state index in [1.807, 2.05) is 20.8 Å². The van der Waals surface area contributed by atoms with Crippen molar-refractivity contribution in [3.63, 3.8) is 0 Å². The maximum absolute atomic E-state index is 12.7. The zero-order chi connectivity index (χ0) is 15.2. The molecule has 0 bridgehead atoms. The molecule has 0 amide bonds. The Morgan fingerprint density at radius 1 is 1.30 bits per heavy atom. The molecule has 4 nitrogen and oxygen atoms in total. The largest absolute Gasteiger partial charge is 0.320 e. The summed E-state index contributed by atoms with van der Waals surface area (Å²) in [4.78, 5) is 0.253. The van der Waals surface area contributed by atoms with Gasteiger partial charge in [-0.1, -0.05) is 44.7 Å². The second-order valence-electron chi connectivity index (χ2n) is 4.85. The Balaban J connectivity index is 3.27. The fraction of sp³-hybridized carbons (Fsp3) is 0.467. The maximum Gasteiger partial charge on any atom is 0.244 e. The molecule has 2 N–H and O–H groups in total. The van der Waals surface area contributed by atoms with Crippen molar-refractivity contribution in [2.75, 3.05) is 19.6 Å². The van der Waals surface area contributed by atoms with E-state index in [1.165, 1.54) is 4.31 Å². The van der Waals surface area contributed by atoms with E-state index in [-0.39, 0.29) is 17.4 Å². The van der Waals surface area contributed by atoms with E-state index in [0.717, 1.165) is 0 Å². The summed E-state index contributed by atoms with van der Waals surface area (Å²) >= 11 is 0. The first-order valence-corrected chi connectivity index (χ1v) is 8.15. The Morgan fingerprint density at radius 2 is 1.95 bits per heavy atom. The summed E-state index contributed by atoms with van der Waals surface area (Å²) in [5.74, 6) is 5.81. The second-order valence-corrected chi connectivity index (χ2v) is 6.76. The van der Waals surface area contributed by atoms with Crippen LogP contribution in [0.15, 0.2) is 29.2 Å². The summed E-state index contributed by atoms with van der Waals surface area (Å²) < 4.78 is 26.9. The molecule has 1 aromatic carbocycles. The number of hydrogen-bond donors (Lipinski definition) is 1. The highest BCUT2D eigenvalue weighted by Gasteiger charge is 2.25. The number of nitrogens with zero attached hydrogens (tertiary/aromatic N) is 1. The third kappa shape index (κ3) is 4.07. The highest BCUT2D eigenvalue weighted by atomic mass is 32.2. The molecule has 0 saturated heterocycles. The average molecular weight is 294 g/mol. The fourth-order valence-corrected chi connectivity index (χ4v) is 3.64. The Morgan fingerprint density at radius 3 is 2.50 bits per heavy atom. The van der Waals surface area contributed by atoms with Crippen molar-refractivity contribution in [2.45, 2.75) is 25.7 Å². The second kappa shape index (κ2) is 7.44. The van der Waals surface area contributed by atoms with Crippen molar-refractivity contribution in [2.24, 2.45) is 11.7 Å². The minimum Gasteiger partial charge on any atom is -0.320 e. The van der Waals surface area contributed by atoms with Gasteiger partial charge in [0.2, 0.25) is 10.0 Å². The predicted molar refractivity (Wildman–Crippen MR) is 81.6 cm³/mol. The van der Waals surface area contributed by atoms with Crippen molar-refractivity contribution in [1.29, 1.82) is 0 Å². The Labute approximate surface area is 122 Å². The molecule has 1 aromatic rings. The van der Waals surface area contributed by atoms with Crippen molar-refractivity contribution in [1.82, 2.24) is 4.31 Å². The van der Waals surface area contributed by atoms with Crippen LogP contribution in [0.1, 0.15) is 26.3 Å². The summed E-state index contributed by atoms with van der Waals surface area (Å²) in [5.41, 5.74) is 5.85. The molecule has 0 atom stereocenters.